The van der Waals surface area contributed by atoms with Gasteiger partial charge in [0, 0.05) is 22.9 Å². The van der Waals surface area contributed by atoms with Gasteiger partial charge >= 0.3 is 11.9 Å². The normalized spacial score (nSPS) is 10.5. The number of carbonyl (C=O) groups is 3. The minimum absolute atomic E-state index is 0.174. The molecule has 0 saturated heterocycles. The summed E-state index contributed by atoms with van der Waals surface area (Å²) in [6, 6.07) is 11.7. The fraction of sp³-hybridized carbons (Fsp3) is 0.423. The van der Waals surface area contributed by atoms with E-state index in [0.717, 1.165) is 30.2 Å². The average molecular weight is 519 g/mol. The van der Waals surface area contributed by atoms with E-state index < -0.39 is 5.97 Å². The van der Waals surface area contributed by atoms with Crippen molar-refractivity contribution in [1.29, 1.82) is 0 Å². The van der Waals surface area contributed by atoms with E-state index in [4.69, 9.17) is 14.2 Å². The maximum Gasteiger partial charge on any atom is 0.338 e. The van der Waals surface area contributed by atoms with Crippen LogP contribution in [0.3, 0.4) is 0 Å². The SMILES string of the molecule is CCOC(=O)CCc1cc(C(=O)c2ccc(C(=O)OCC)cc2)ccc1OCCCCCBr. The Balaban J connectivity index is 2.17. The van der Waals surface area contributed by atoms with Crippen LogP contribution in [-0.4, -0.2) is 42.9 Å². The van der Waals surface area contributed by atoms with E-state index in [1.54, 1.807) is 56.3 Å². The maximum absolute atomic E-state index is 13.0. The van der Waals surface area contributed by atoms with Gasteiger partial charge in [-0.05, 0) is 75.4 Å². The minimum Gasteiger partial charge on any atom is -0.493 e. The first-order valence-corrected chi connectivity index (χ1v) is 12.4. The Kier molecular flexibility index (Phi) is 11.7. The lowest BCUT2D eigenvalue weighted by Crippen LogP contribution is -2.09. The Labute approximate surface area is 203 Å². The van der Waals surface area contributed by atoms with Crippen LogP contribution >= 0.6 is 15.9 Å². The zero-order chi connectivity index (χ0) is 24.1. The van der Waals surface area contributed by atoms with Crippen LogP contribution < -0.4 is 4.74 Å². The number of ketones is 1. The second-order valence-electron chi connectivity index (χ2n) is 7.35. The number of unbranched alkanes of at least 4 members (excludes halogenated alkanes) is 2. The van der Waals surface area contributed by atoms with E-state index >= 15 is 0 Å². The van der Waals surface area contributed by atoms with Gasteiger partial charge in [0.05, 0.1) is 25.4 Å². The highest BCUT2D eigenvalue weighted by molar-refractivity contribution is 9.09. The number of esters is 2. The van der Waals surface area contributed by atoms with Crippen molar-refractivity contribution in [3.63, 3.8) is 0 Å². The van der Waals surface area contributed by atoms with Crippen molar-refractivity contribution >= 4 is 33.7 Å². The molecule has 0 radical (unpaired) electrons. The molecule has 6 nitrogen and oxygen atoms in total. The molecule has 2 aromatic carbocycles. The van der Waals surface area contributed by atoms with E-state index in [1.807, 2.05) is 0 Å². The minimum atomic E-state index is -0.421. The Morgan fingerprint density at radius 2 is 1.48 bits per heavy atom. The molecular formula is C26H31BrO6. The Bertz CT molecular complexity index is 923. The molecule has 178 valence electrons. The van der Waals surface area contributed by atoms with Crippen molar-refractivity contribution in [3.05, 3.63) is 64.7 Å². The van der Waals surface area contributed by atoms with E-state index in [0.29, 0.717) is 48.7 Å². The smallest absolute Gasteiger partial charge is 0.338 e. The van der Waals surface area contributed by atoms with E-state index in [2.05, 4.69) is 15.9 Å². The largest absolute Gasteiger partial charge is 0.493 e. The van der Waals surface area contributed by atoms with Gasteiger partial charge in [-0.3, -0.25) is 9.59 Å². The van der Waals surface area contributed by atoms with Crippen LogP contribution in [0.2, 0.25) is 0 Å². The molecule has 0 spiro atoms. The molecule has 0 N–H and O–H groups in total. The van der Waals surface area contributed by atoms with Crippen LogP contribution in [0.15, 0.2) is 42.5 Å². The van der Waals surface area contributed by atoms with E-state index in [-0.39, 0.29) is 18.2 Å². The maximum atomic E-state index is 13.0. The number of halogens is 1. The number of benzene rings is 2. The molecule has 0 saturated carbocycles. The first-order chi connectivity index (χ1) is 16.0. The lowest BCUT2D eigenvalue weighted by atomic mass is 9.98. The van der Waals surface area contributed by atoms with Crippen molar-refractivity contribution < 1.29 is 28.6 Å². The summed E-state index contributed by atoms with van der Waals surface area (Å²) in [6.45, 7) is 4.70. The molecule has 2 rings (SSSR count). The van der Waals surface area contributed by atoms with Crippen LogP contribution in [0.25, 0.3) is 0 Å². The van der Waals surface area contributed by atoms with Crippen molar-refractivity contribution in [2.24, 2.45) is 0 Å². The summed E-state index contributed by atoms with van der Waals surface area (Å²) in [6.07, 6.45) is 3.69. The molecule has 7 heteroatoms. The summed E-state index contributed by atoms with van der Waals surface area (Å²) < 4.78 is 16.0. The van der Waals surface area contributed by atoms with E-state index in [1.165, 1.54) is 0 Å². The molecule has 0 amide bonds. The Morgan fingerprint density at radius 3 is 2.15 bits per heavy atom. The monoisotopic (exact) mass is 518 g/mol. The number of hydrogen-bond acceptors (Lipinski definition) is 6. The molecule has 0 bridgehead atoms. The Morgan fingerprint density at radius 1 is 0.818 bits per heavy atom. The average Bonchev–Trinajstić information content (AvgIpc) is 2.83. The van der Waals surface area contributed by atoms with Crippen LogP contribution in [0, 0.1) is 0 Å². The van der Waals surface area contributed by atoms with Gasteiger partial charge < -0.3 is 14.2 Å². The summed E-state index contributed by atoms with van der Waals surface area (Å²) in [4.78, 5) is 36.7. The van der Waals surface area contributed by atoms with Gasteiger partial charge in [0.15, 0.2) is 5.78 Å². The first kappa shape index (κ1) is 26.6. The number of alkyl halides is 1. The topological polar surface area (TPSA) is 78.9 Å². The molecule has 0 aliphatic rings. The van der Waals surface area contributed by atoms with Gasteiger partial charge in [0.25, 0.3) is 0 Å². The molecule has 2 aromatic rings. The highest BCUT2D eigenvalue weighted by atomic mass is 79.9. The van der Waals surface area contributed by atoms with Crippen molar-refractivity contribution in [1.82, 2.24) is 0 Å². The van der Waals surface area contributed by atoms with Gasteiger partial charge in [0.2, 0.25) is 0 Å². The van der Waals surface area contributed by atoms with Gasteiger partial charge in [-0.2, -0.15) is 0 Å². The van der Waals surface area contributed by atoms with Crippen LogP contribution in [0.4, 0.5) is 0 Å². The highest BCUT2D eigenvalue weighted by Gasteiger charge is 2.15. The third kappa shape index (κ3) is 8.65. The van der Waals surface area contributed by atoms with Gasteiger partial charge in [-0.1, -0.05) is 28.1 Å². The fourth-order valence-electron chi connectivity index (χ4n) is 3.22. The van der Waals surface area contributed by atoms with Crippen molar-refractivity contribution in [2.75, 3.05) is 25.2 Å². The summed E-state index contributed by atoms with van der Waals surface area (Å²) in [5.41, 5.74) is 2.14. The van der Waals surface area contributed by atoms with Crippen LogP contribution in [0.1, 0.15) is 71.4 Å². The number of aryl methyl sites for hydroxylation is 1. The van der Waals surface area contributed by atoms with Crippen LogP contribution in [0.5, 0.6) is 5.75 Å². The zero-order valence-corrected chi connectivity index (χ0v) is 20.8. The quantitative estimate of drug-likeness (QED) is 0.141. The number of hydrogen-bond donors (Lipinski definition) is 0. The van der Waals surface area contributed by atoms with Gasteiger partial charge in [-0.25, -0.2) is 4.79 Å². The summed E-state index contributed by atoms with van der Waals surface area (Å²) in [5, 5.41) is 0.968. The third-order valence-corrected chi connectivity index (χ3v) is 5.48. The summed E-state index contributed by atoms with van der Waals surface area (Å²) in [7, 11) is 0. The van der Waals surface area contributed by atoms with Gasteiger partial charge in [0.1, 0.15) is 5.75 Å². The molecule has 0 aromatic heterocycles. The predicted octanol–water partition coefficient (Wildman–Crippen LogP) is 5.53. The molecule has 33 heavy (non-hydrogen) atoms. The molecule has 0 unspecified atom stereocenters. The summed E-state index contributed by atoms with van der Waals surface area (Å²) in [5.74, 6) is -0.207. The second kappa shape index (κ2) is 14.5. The molecule has 0 aliphatic carbocycles. The lowest BCUT2D eigenvalue weighted by Gasteiger charge is -2.13. The first-order valence-electron chi connectivity index (χ1n) is 11.3. The molecule has 0 fully saturated rings. The molecule has 0 atom stereocenters. The predicted molar refractivity (Wildman–Crippen MR) is 130 cm³/mol. The molecule has 0 heterocycles. The van der Waals surface area contributed by atoms with E-state index in [9.17, 15) is 14.4 Å². The van der Waals surface area contributed by atoms with Crippen molar-refractivity contribution in [3.8, 4) is 5.75 Å². The van der Waals surface area contributed by atoms with Crippen molar-refractivity contribution in [2.45, 2.75) is 46.0 Å². The molecule has 0 aliphatic heterocycles. The standard InChI is InChI=1S/C26H31BrO6/c1-3-31-24(28)15-13-21-18-22(12-14-23(21)33-17-7-5-6-16-27)25(29)19-8-10-20(11-9-19)26(30)32-4-2/h8-12,14,18H,3-7,13,15-17H2,1-2H3. The number of carbonyl (C=O) groups excluding carboxylic acids is 3. The zero-order valence-electron chi connectivity index (χ0n) is 19.2. The fourth-order valence-corrected chi connectivity index (χ4v) is 3.62. The number of rotatable bonds is 14. The highest BCUT2D eigenvalue weighted by Crippen LogP contribution is 2.24. The third-order valence-electron chi connectivity index (χ3n) is 4.92. The second-order valence-corrected chi connectivity index (χ2v) is 8.15. The van der Waals surface area contributed by atoms with Crippen LogP contribution in [-0.2, 0) is 20.7 Å². The Hall–Kier alpha value is -2.67. The molecular weight excluding hydrogens is 488 g/mol. The van der Waals surface area contributed by atoms with Gasteiger partial charge in [-0.15, -0.1) is 0 Å². The number of ether oxygens (including phenoxy) is 3. The lowest BCUT2D eigenvalue weighted by molar-refractivity contribution is -0.143. The summed E-state index contributed by atoms with van der Waals surface area (Å²) >= 11 is 3.42.